The number of likely N-dealkylation sites (tertiary alicyclic amines) is 1. The number of para-hydroxylation sites is 2. The molecule has 2 fully saturated rings. The SMILES string of the molecule is Cc1ccc(-c2ccccc2)c(C(=O)N2CC3CC(C2)CN(c2cnc4ccccc4n2)C3)c1. The van der Waals surface area contributed by atoms with Gasteiger partial charge in [0.25, 0.3) is 5.91 Å². The van der Waals surface area contributed by atoms with Crippen molar-refractivity contribution in [3.05, 3.63) is 90.1 Å². The Kier molecular flexibility index (Phi) is 5.25. The largest absolute Gasteiger partial charge is 0.355 e. The molecule has 0 aliphatic carbocycles. The molecule has 1 aromatic heterocycles. The standard InChI is InChI=1S/C29H28N4O/c1-20-11-12-24(23-7-3-2-4-8-23)25(13-20)29(34)33-18-21-14-22(19-33)17-32(16-21)28-15-30-26-9-5-6-10-27(26)31-28/h2-13,15,21-22H,14,16-19H2,1H3. The van der Waals surface area contributed by atoms with E-state index in [0.29, 0.717) is 11.8 Å². The molecule has 5 heteroatoms. The minimum Gasteiger partial charge on any atom is -0.355 e. The highest BCUT2D eigenvalue weighted by atomic mass is 16.2. The highest BCUT2D eigenvalue weighted by molar-refractivity contribution is 6.01. The smallest absolute Gasteiger partial charge is 0.254 e. The molecular weight excluding hydrogens is 420 g/mol. The van der Waals surface area contributed by atoms with Gasteiger partial charge in [-0.2, -0.15) is 0 Å². The summed E-state index contributed by atoms with van der Waals surface area (Å²) in [6, 6.07) is 24.5. The van der Waals surface area contributed by atoms with E-state index in [1.54, 1.807) is 0 Å². The predicted octanol–water partition coefficient (Wildman–Crippen LogP) is 5.20. The molecule has 0 spiro atoms. The van der Waals surface area contributed by atoms with Crippen LogP contribution in [0.3, 0.4) is 0 Å². The average molecular weight is 449 g/mol. The Morgan fingerprint density at radius 1 is 0.853 bits per heavy atom. The summed E-state index contributed by atoms with van der Waals surface area (Å²) in [6.07, 6.45) is 3.06. The first kappa shape index (κ1) is 20.8. The second-order valence-electron chi connectivity index (χ2n) is 9.71. The minimum atomic E-state index is 0.149. The van der Waals surface area contributed by atoms with Crippen LogP contribution in [0, 0.1) is 18.8 Å². The quantitative estimate of drug-likeness (QED) is 0.432. The highest BCUT2D eigenvalue weighted by Crippen LogP contribution is 2.33. The predicted molar refractivity (Wildman–Crippen MR) is 136 cm³/mol. The molecule has 3 aromatic carbocycles. The first-order chi connectivity index (χ1) is 16.6. The van der Waals surface area contributed by atoms with E-state index in [-0.39, 0.29) is 5.91 Å². The number of fused-ring (bicyclic) bond motifs is 3. The molecule has 170 valence electrons. The van der Waals surface area contributed by atoms with Crippen molar-refractivity contribution in [2.24, 2.45) is 11.8 Å². The number of carbonyl (C=O) groups is 1. The third-order valence-electron chi connectivity index (χ3n) is 7.12. The molecule has 0 N–H and O–H groups in total. The molecule has 2 aliphatic heterocycles. The summed E-state index contributed by atoms with van der Waals surface area (Å²) in [6.45, 7) is 5.45. The number of aromatic nitrogens is 2. The fourth-order valence-corrected chi connectivity index (χ4v) is 5.61. The summed E-state index contributed by atoms with van der Waals surface area (Å²) in [5.41, 5.74) is 5.88. The summed E-state index contributed by atoms with van der Waals surface area (Å²) >= 11 is 0. The summed E-state index contributed by atoms with van der Waals surface area (Å²) in [7, 11) is 0. The van der Waals surface area contributed by atoms with Gasteiger partial charge in [-0.05, 0) is 54.5 Å². The molecule has 2 bridgehead atoms. The zero-order valence-corrected chi connectivity index (χ0v) is 19.4. The minimum absolute atomic E-state index is 0.149. The number of nitrogens with zero attached hydrogens (tertiary/aromatic N) is 4. The maximum Gasteiger partial charge on any atom is 0.254 e. The number of anilines is 1. The Morgan fingerprint density at radius 2 is 1.56 bits per heavy atom. The molecule has 1 amide bonds. The van der Waals surface area contributed by atoms with E-state index >= 15 is 0 Å². The van der Waals surface area contributed by atoms with Crippen molar-refractivity contribution in [3.63, 3.8) is 0 Å². The number of hydrogen-bond donors (Lipinski definition) is 0. The zero-order valence-electron chi connectivity index (χ0n) is 19.4. The van der Waals surface area contributed by atoms with Crippen LogP contribution in [0.15, 0.2) is 79.0 Å². The molecule has 3 heterocycles. The lowest BCUT2D eigenvalue weighted by Crippen LogP contribution is -2.54. The van der Waals surface area contributed by atoms with Gasteiger partial charge in [0.2, 0.25) is 0 Å². The van der Waals surface area contributed by atoms with E-state index in [1.165, 1.54) is 6.42 Å². The lowest BCUT2D eigenvalue weighted by atomic mass is 9.84. The van der Waals surface area contributed by atoms with E-state index in [1.807, 2.05) is 54.7 Å². The van der Waals surface area contributed by atoms with Crippen LogP contribution in [-0.4, -0.2) is 47.0 Å². The molecule has 4 aromatic rings. The fraction of sp³-hybridized carbons (Fsp3) is 0.276. The normalized spacial score (nSPS) is 19.9. The first-order valence-electron chi connectivity index (χ1n) is 12.1. The molecule has 5 nitrogen and oxygen atoms in total. The summed E-state index contributed by atoms with van der Waals surface area (Å²) in [4.78, 5) is 27.7. The van der Waals surface area contributed by atoms with Gasteiger partial charge >= 0.3 is 0 Å². The topological polar surface area (TPSA) is 49.3 Å². The van der Waals surface area contributed by atoms with Crippen LogP contribution in [0.4, 0.5) is 5.82 Å². The van der Waals surface area contributed by atoms with Crippen LogP contribution in [0.5, 0.6) is 0 Å². The number of piperidine rings is 2. The van der Waals surface area contributed by atoms with Crippen LogP contribution in [0.1, 0.15) is 22.3 Å². The number of rotatable bonds is 3. The van der Waals surface area contributed by atoms with Gasteiger partial charge in [0.15, 0.2) is 0 Å². The van der Waals surface area contributed by atoms with Gasteiger partial charge in [-0.3, -0.25) is 9.78 Å². The van der Waals surface area contributed by atoms with Gasteiger partial charge in [0, 0.05) is 31.7 Å². The van der Waals surface area contributed by atoms with Crippen molar-refractivity contribution in [1.29, 1.82) is 0 Å². The zero-order chi connectivity index (χ0) is 23.1. The number of aryl methyl sites for hydroxylation is 1. The van der Waals surface area contributed by atoms with Crippen molar-refractivity contribution < 1.29 is 4.79 Å². The Hall–Kier alpha value is -3.73. The van der Waals surface area contributed by atoms with E-state index in [4.69, 9.17) is 4.98 Å². The number of hydrogen-bond acceptors (Lipinski definition) is 4. The number of benzene rings is 3. The van der Waals surface area contributed by atoms with Crippen LogP contribution in [-0.2, 0) is 0 Å². The molecule has 6 rings (SSSR count). The number of amides is 1. The summed E-state index contributed by atoms with van der Waals surface area (Å²) < 4.78 is 0. The van der Waals surface area contributed by atoms with Crippen molar-refractivity contribution in [2.45, 2.75) is 13.3 Å². The average Bonchev–Trinajstić information content (AvgIpc) is 2.88. The molecule has 0 radical (unpaired) electrons. The van der Waals surface area contributed by atoms with Gasteiger partial charge in [-0.15, -0.1) is 0 Å². The van der Waals surface area contributed by atoms with Crippen molar-refractivity contribution in [1.82, 2.24) is 14.9 Å². The third kappa shape index (κ3) is 3.92. The Labute approximate surface area is 200 Å². The fourth-order valence-electron chi connectivity index (χ4n) is 5.61. The second-order valence-corrected chi connectivity index (χ2v) is 9.71. The van der Waals surface area contributed by atoms with Crippen LogP contribution >= 0.6 is 0 Å². The maximum atomic E-state index is 13.8. The lowest BCUT2D eigenvalue weighted by molar-refractivity contribution is 0.0565. The third-order valence-corrected chi connectivity index (χ3v) is 7.12. The second kappa shape index (κ2) is 8.56. The van der Waals surface area contributed by atoms with E-state index in [2.05, 4.69) is 46.0 Å². The van der Waals surface area contributed by atoms with Gasteiger partial charge < -0.3 is 9.80 Å². The lowest BCUT2D eigenvalue weighted by Gasteiger charge is -2.46. The van der Waals surface area contributed by atoms with Gasteiger partial charge in [-0.1, -0.05) is 60.2 Å². The first-order valence-corrected chi connectivity index (χ1v) is 12.1. The number of carbonyl (C=O) groups excluding carboxylic acids is 1. The Bertz CT molecular complexity index is 1340. The van der Waals surface area contributed by atoms with Gasteiger partial charge in [0.05, 0.1) is 17.2 Å². The molecule has 0 saturated carbocycles. The molecule has 2 unspecified atom stereocenters. The highest BCUT2D eigenvalue weighted by Gasteiger charge is 2.37. The molecule has 2 atom stereocenters. The van der Waals surface area contributed by atoms with Gasteiger partial charge in [-0.25, -0.2) is 4.98 Å². The van der Waals surface area contributed by atoms with E-state index in [9.17, 15) is 4.79 Å². The maximum absolute atomic E-state index is 13.8. The molecule has 2 saturated heterocycles. The van der Waals surface area contributed by atoms with Crippen LogP contribution < -0.4 is 4.90 Å². The van der Waals surface area contributed by atoms with E-state index in [0.717, 1.165) is 65.3 Å². The van der Waals surface area contributed by atoms with Crippen molar-refractivity contribution in [2.75, 3.05) is 31.1 Å². The van der Waals surface area contributed by atoms with Crippen molar-refractivity contribution >= 4 is 22.8 Å². The van der Waals surface area contributed by atoms with Gasteiger partial charge in [0.1, 0.15) is 5.82 Å². The molecule has 34 heavy (non-hydrogen) atoms. The van der Waals surface area contributed by atoms with E-state index < -0.39 is 0 Å². The van der Waals surface area contributed by atoms with Crippen molar-refractivity contribution in [3.8, 4) is 11.1 Å². The molecular formula is C29H28N4O. The Morgan fingerprint density at radius 3 is 2.32 bits per heavy atom. The monoisotopic (exact) mass is 448 g/mol. The summed E-state index contributed by atoms with van der Waals surface area (Å²) in [5, 5.41) is 0. The summed E-state index contributed by atoms with van der Waals surface area (Å²) in [5.74, 6) is 1.97. The van der Waals surface area contributed by atoms with Crippen LogP contribution in [0.2, 0.25) is 0 Å². The Balaban J connectivity index is 1.23. The molecule has 2 aliphatic rings. The van der Waals surface area contributed by atoms with Crippen LogP contribution in [0.25, 0.3) is 22.2 Å².